The number of quaternary nitrogens is 1. The number of aromatic nitrogens is 1. The second kappa shape index (κ2) is 5.72. The molecule has 0 radical (unpaired) electrons. The van der Waals surface area contributed by atoms with Crippen molar-refractivity contribution in [3.8, 4) is 5.75 Å². The Bertz CT molecular complexity index is 758. The molecule has 0 amide bonds. The van der Waals surface area contributed by atoms with Crippen molar-refractivity contribution in [3.63, 3.8) is 0 Å². The second-order valence-electron chi connectivity index (χ2n) is 7.36. The molecule has 2 heterocycles. The molecule has 0 saturated heterocycles. The molecule has 3 nitrogen and oxygen atoms in total. The number of allylic oxidation sites excluding steroid dienone is 2. The van der Waals surface area contributed by atoms with Gasteiger partial charge in [0.15, 0.2) is 0 Å². The molecule has 0 fully saturated rings. The van der Waals surface area contributed by atoms with E-state index in [0.717, 1.165) is 24.0 Å². The molecule has 23 heavy (non-hydrogen) atoms. The summed E-state index contributed by atoms with van der Waals surface area (Å²) < 4.78 is 5.43. The average molecular weight is 311 g/mol. The summed E-state index contributed by atoms with van der Waals surface area (Å²) in [5, 5.41) is 3.91. The lowest BCUT2D eigenvalue weighted by molar-refractivity contribution is -0.707. The van der Waals surface area contributed by atoms with E-state index < -0.39 is 0 Å². The van der Waals surface area contributed by atoms with Crippen molar-refractivity contribution in [2.24, 2.45) is 11.8 Å². The largest absolute Gasteiger partial charge is 0.497 e. The van der Waals surface area contributed by atoms with Crippen molar-refractivity contribution >= 4 is 10.9 Å². The van der Waals surface area contributed by atoms with Gasteiger partial charge in [0.2, 0.25) is 0 Å². The summed E-state index contributed by atoms with van der Waals surface area (Å²) in [6.07, 6.45) is 6.07. The zero-order valence-electron chi connectivity index (χ0n) is 14.4. The van der Waals surface area contributed by atoms with Crippen LogP contribution in [0.2, 0.25) is 0 Å². The maximum absolute atomic E-state index is 5.43. The molecule has 0 unspecified atom stereocenters. The minimum absolute atomic E-state index is 0.566. The lowest BCUT2D eigenvalue weighted by Crippen LogP contribution is -2.88. The summed E-state index contributed by atoms with van der Waals surface area (Å²) in [6.45, 7) is 5.89. The summed E-state index contributed by atoms with van der Waals surface area (Å²) in [4.78, 5) is 3.74. The summed E-state index contributed by atoms with van der Waals surface area (Å²) >= 11 is 0. The van der Waals surface area contributed by atoms with Gasteiger partial charge in [-0.2, -0.15) is 0 Å². The van der Waals surface area contributed by atoms with Crippen LogP contribution in [0.1, 0.15) is 44.0 Å². The van der Waals surface area contributed by atoms with Gasteiger partial charge in [-0.3, -0.25) is 0 Å². The van der Waals surface area contributed by atoms with Crippen LogP contribution in [0.25, 0.3) is 10.9 Å². The Hall–Kier alpha value is -1.74. The minimum Gasteiger partial charge on any atom is -0.497 e. The number of rotatable bonds is 2. The summed E-state index contributed by atoms with van der Waals surface area (Å²) in [5.74, 6) is 2.44. The molecule has 0 bridgehead atoms. The smallest absolute Gasteiger partial charge is 0.130 e. The van der Waals surface area contributed by atoms with Crippen molar-refractivity contribution in [2.75, 3.05) is 13.7 Å². The summed E-state index contributed by atoms with van der Waals surface area (Å²) in [5.41, 5.74) is 5.80. The number of hydrogen-bond donors (Lipinski definition) is 2. The monoisotopic (exact) mass is 311 g/mol. The number of nitrogens with one attached hydrogen (secondary N) is 1. The van der Waals surface area contributed by atoms with E-state index in [0.29, 0.717) is 6.04 Å². The van der Waals surface area contributed by atoms with Crippen molar-refractivity contribution < 1.29 is 10.1 Å². The molecule has 3 heteroatoms. The van der Waals surface area contributed by atoms with Crippen molar-refractivity contribution in [1.82, 2.24) is 4.98 Å². The van der Waals surface area contributed by atoms with Gasteiger partial charge in [0.25, 0.3) is 0 Å². The topological polar surface area (TPSA) is 41.6 Å². The third kappa shape index (κ3) is 2.47. The van der Waals surface area contributed by atoms with E-state index in [9.17, 15) is 0 Å². The second-order valence-corrected chi connectivity index (χ2v) is 7.36. The lowest BCUT2D eigenvalue weighted by Gasteiger charge is -2.34. The van der Waals surface area contributed by atoms with Gasteiger partial charge in [0.05, 0.1) is 19.3 Å². The van der Waals surface area contributed by atoms with Crippen LogP contribution in [0.3, 0.4) is 0 Å². The fraction of sp³-hybridized carbons (Fsp3) is 0.500. The van der Waals surface area contributed by atoms with Gasteiger partial charge < -0.3 is 15.0 Å². The molecule has 2 aromatic rings. The van der Waals surface area contributed by atoms with Gasteiger partial charge >= 0.3 is 0 Å². The van der Waals surface area contributed by atoms with Gasteiger partial charge in [-0.05, 0) is 49.4 Å². The SMILES string of the molecule is COc1ccc2[nH]c3c(c2c1)CC[NH2+][C@@H]3[C@H]1CC=C(C)C[C@H]1C. The number of benzene rings is 1. The van der Waals surface area contributed by atoms with Gasteiger partial charge in [-0.1, -0.05) is 18.6 Å². The highest BCUT2D eigenvalue weighted by Gasteiger charge is 2.37. The van der Waals surface area contributed by atoms with E-state index >= 15 is 0 Å². The number of fused-ring (bicyclic) bond motifs is 3. The van der Waals surface area contributed by atoms with Gasteiger partial charge in [0.1, 0.15) is 11.8 Å². The molecule has 0 spiro atoms. The Morgan fingerprint density at radius 1 is 1.30 bits per heavy atom. The van der Waals surface area contributed by atoms with Crippen LogP contribution in [-0.2, 0) is 6.42 Å². The Balaban J connectivity index is 1.76. The zero-order valence-corrected chi connectivity index (χ0v) is 14.4. The fourth-order valence-corrected chi connectivity index (χ4v) is 4.66. The first-order valence-electron chi connectivity index (χ1n) is 8.85. The maximum atomic E-state index is 5.43. The Labute approximate surface area is 138 Å². The highest BCUT2D eigenvalue weighted by atomic mass is 16.5. The number of H-pyrrole nitrogens is 1. The summed E-state index contributed by atoms with van der Waals surface area (Å²) in [6, 6.07) is 6.98. The molecule has 3 atom stereocenters. The van der Waals surface area contributed by atoms with Crippen molar-refractivity contribution in [3.05, 3.63) is 41.1 Å². The van der Waals surface area contributed by atoms with Gasteiger partial charge in [0, 0.05) is 23.2 Å². The number of hydrogen-bond acceptors (Lipinski definition) is 1. The van der Waals surface area contributed by atoms with E-state index in [2.05, 4.69) is 48.4 Å². The molecule has 122 valence electrons. The Morgan fingerprint density at radius 2 is 2.17 bits per heavy atom. The van der Waals surface area contributed by atoms with E-state index in [-0.39, 0.29) is 0 Å². The quantitative estimate of drug-likeness (QED) is 0.821. The van der Waals surface area contributed by atoms with Crippen LogP contribution in [0.15, 0.2) is 29.8 Å². The maximum Gasteiger partial charge on any atom is 0.130 e. The summed E-state index contributed by atoms with van der Waals surface area (Å²) in [7, 11) is 1.75. The molecule has 4 rings (SSSR count). The first kappa shape index (κ1) is 14.8. The number of methoxy groups -OCH3 is 1. The normalized spacial score (nSPS) is 27.6. The van der Waals surface area contributed by atoms with E-state index in [1.165, 1.54) is 41.5 Å². The highest BCUT2D eigenvalue weighted by Crippen LogP contribution is 2.39. The van der Waals surface area contributed by atoms with Crippen LogP contribution in [0.5, 0.6) is 5.75 Å². The predicted molar refractivity (Wildman–Crippen MR) is 93.7 cm³/mol. The number of ether oxygens (including phenoxy) is 1. The van der Waals surface area contributed by atoms with Crippen LogP contribution < -0.4 is 10.1 Å². The predicted octanol–water partition coefficient (Wildman–Crippen LogP) is 3.33. The van der Waals surface area contributed by atoms with Crippen molar-refractivity contribution in [2.45, 2.75) is 39.2 Å². The number of aromatic amines is 1. The van der Waals surface area contributed by atoms with Crippen LogP contribution in [0.4, 0.5) is 0 Å². The third-order valence-corrected chi connectivity index (χ3v) is 5.87. The molecule has 1 aromatic carbocycles. The van der Waals surface area contributed by atoms with Crippen LogP contribution >= 0.6 is 0 Å². The lowest BCUT2D eigenvalue weighted by atomic mass is 9.74. The third-order valence-electron chi connectivity index (χ3n) is 5.87. The number of nitrogens with two attached hydrogens (primary N) is 1. The molecule has 2 aliphatic rings. The van der Waals surface area contributed by atoms with Gasteiger partial charge in [-0.15, -0.1) is 0 Å². The Kier molecular flexibility index (Phi) is 3.68. The minimum atomic E-state index is 0.566. The van der Waals surface area contributed by atoms with Crippen LogP contribution in [0, 0.1) is 11.8 Å². The highest BCUT2D eigenvalue weighted by molar-refractivity contribution is 5.86. The first-order valence-corrected chi connectivity index (χ1v) is 8.85. The van der Waals surface area contributed by atoms with E-state index in [1.54, 1.807) is 12.7 Å². The van der Waals surface area contributed by atoms with Crippen molar-refractivity contribution in [1.29, 1.82) is 0 Å². The van der Waals surface area contributed by atoms with Gasteiger partial charge in [-0.25, -0.2) is 0 Å². The zero-order chi connectivity index (χ0) is 16.0. The Morgan fingerprint density at radius 3 is 2.96 bits per heavy atom. The molecule has 1 aliphatic heterocycles. The van der Waals surface area contributed by atoms with E-state index in [4.69, 9.17) is 4.74 Å². The standard InChI is InChI=1S/C20H26N2O/c1-12-4-6-15(13(2)10-12)19-20-16(8-9-21-19)17-11-14(23-3)5-7-18(17)22-20/h4-5,7,11,13,15,19,21-22H,6,8-10H2,1-3H3/p+1/t13-,15+,19-/m1/s1. The molecule has 1 aromatic heterocycles. The molecule has 1 aliphatic carbocycles. The molecular formula is C20H27N2O+. The fourth-order valence-electron chi connectivity index (χ4n) is 4.66. The molecular weight excluding hydrogens is 284 g/mol. The molecule has 3 N–H and O–H groups in total. The van der Waals surface area contributed by atoms with Crippen LogP contribution in [-0.4, -0.2) is 18.6 Å². The first-order chi connectivity index (χ1) is 11.2. The average Bonchev–Trinajstić information content (AvgIpc) is 2.93. The van der Waals surface area contributed by atoms with E-state index in [1.807, 2.05) is 0 Å². The molecule has 0 saturated carbocycles.